The molecule has 0 heterocycles. The Kier molecular flexibility index (Phi) is 3.93. The van der Waals surface area contributed by atoms with E-state index in [1.165, 1.54) is 11.1 Å². The highest BCUT2D eigenvalue weighted by Gasteiger charge is 2.10. The van der Waals surface area contributed by atoms with Crippen LogP contribution in [0.5, 0.6) is 5.75 Å². The number of aryl methyl sites for hydroxylation is 2. The highest BCUT2D eigenvalue weighted by atomic mass is 16.5. The summed E-state index contributed by atoms with van der Waals surface area (Å²) in [6.45, 7) is 8.20. The zero-order valence-corrected chi connectivity index (χ0v) is 10.6. The van der Waals surface area contributed by atoms with Gasteiger partial charge in [-0.15, -0.1) is 0 Å². The molecule has 0 aliphatic heterocycles. The van der Waals surface area contributed by atoms with E-state index in [1.807, 2.05) is 13.8 Å². The molecule has 88 valence electrons. The fourth-order valence-corrected chi connectivity index (χ4v) is 1.61. The van der Waals surface area contributed by atoms with Crippen molar-refractivity contribution < 1.29 is 9.53 Å². The van der Waals surface area contributed by atoms with Gasteiger partial charge in [0, 0.05) is 7.05 Å². The predicted octanol–water partition coefficient (Wildman–Crippen LogP) is 2.05. The molecule has 16 heavy (non-hydrogen) atoms. The maximum atomic E-state index is 11.1. The van der Waals surface area contributed by atoms with Gasteiger partial charge in [0.15, 0.2) is 6.61 Å². The summed E-state index contributed by atoms with van der Waals surface area (Å²) in [6.07, 6.45) is 0. The van der Waals surface area contributed by atoms with Crippen LogP contribution in [0.2, 0.25) is 0 Å². The minimum atomic E-state index is -0.113. The molecular formula is C13H19NO2. The lowest BCUT2D eigenvalue weighted by molar-refractivity contribution is -0.122. The van der Waals surface area contributed by atoms with Crippen LogP contribution in [0.3, 0.4) is 0 Å². The first-order valence-corrected chi connectivity index (χ1v) is 5.38. The van der Waals surface area contributed by atoms with Crippen LogP contribution in [0.25, 0.3) is 0 Å². The van der Waals surface area contributed by atoms with E-state index in [1.54, 1.807) is 7.05 Å². The quantitative estimate of drug-likeness (QED) is 0.848. The Morgan fingerprint density at radius 1 is 1.19 bits per heavy atom. The average Bonchev–Trinajstić information content (AvgIpc) is 2.26. The summed E-state index contributed by atoms with van der Waals surface area (Å²) < 4.78 is 5.57. The number of likely N-dealkylation sites (N-methyl/N-ethyl adjacent to an activating group) is 1. The smallest absolute Gasteiger partial charge is 0.257 e. The highest BCUT2D eigenvalue weighted by Crippen LogP contribution is 2.28. The van der Waals surface area contributed by atoms with Crippen LogP contribution in [0.4, 0.5) is 0 Å². The van der Waals surface area contributed by atoms with E-state index >= 15 is 0 Å². The number of nitrogens with one attached hydrogen (secondary N) is 1. The van der Waals surface area contributed by atoms with Gasteiger partial charge in [-0.1, -0.05) is 6.07 Å². The van der Waals surface area contributed by atoms with Crippen molar-refractivity contribution >= 4 is 5.91 Å². The molecule has 3 heteroatoms. The van der Waals surface area contributed by atoms with Crippen LogP contribution in [-0.2, 0) is 4.79 Å². The van der Waals surface area contributed by atoms with E-state index in [-0.39, 0.29) is 12.5 Å². The second-order valence-corrected chi connectivity index (χ2v) is 4.05. The van der Waals surface area contributed by atoms with Crippen molar-refractivity contribution in [2.24, 2.45) is 0 Å². The topological polar surface area (TPSA) is 38.3 Å². The molecule has 1 rings (SSSR count). The Bertz CT molecular complexity index is 385. The molecule has 0 fully saturated rings. The number of hydrogen-bond acceptors (Lipinski definition) is 2. The molecule has 3 nitrogen and oxygen atoms in total. The number of rotatable bonds is 3. The summed E-state index contributed by atoms with van der Waals surface area (Å²) >= 11 is 0. The van der Waals surface area contributed by atoms with Crippen LogP contribution >= 0.6 is 0 Å². The van der Waals surface area contributed by atoms with E-state index in [9.17, 15) is 4.79 Å². The van der Waals surface area contributed by atoms with Crippen molar-refractivity contribution in [3.05, 3.63) is 28.3 Å². The predicted molar refractivity (Wildman–Crippen MR) is 65.0 cm³/mol. The molecule has 0 bridgehead atoms. The monoisotopic (exact) mass is 221 g/mol. The van der Waals surface area contributed by atoms with Gasteiger partial charge < -0.3 is 10.1 Å². The Morgan fingerprint density at radius 3 is 2.12 bits per heavy atom. The second kappa shape index (κ2) is 5.01. The molecule has 0 unspecified atom stereocenters. The third-order valence-electron chi connectivity index (χ3n) is 2.92. The lowest BCUT2D eigenvalue weighted by atomic mass is 10.0. The zero-order chi connectivity index (χ0) is 12.3. The van der Waals surface area contributed by atoms with Gasteiger partial charge >= 0.3 is 0 Å². The van der Waals surface area contributed by atoms with Gasteiger partial charge in [0.1, 0.15) is 5.75 Å². The van der Waals surface area contributed by atoms with Gasteiger partial charge in [-0.25, -0.2) is 0 Å². The summed E-state index contributed by atoms with van der Waals surface area (Å²) in [6, 6.07) is 2.14. The van der Waals surface area contributed by atoms with Gasteiger partial charge in [0.05, 0.1) is 0 Å². The lowest BCUT2D eigenvalue weighted by Gasteiger charge is -2.15. The Balaban J connectivity index is 2.99. The van der Waals surface area contributed by atoms with Crippen LogP contribution in [0, 0.1) is 27.7 Å². The van der Waals surface area contributed by atoms with Crippen molar-refractivity contribution in [1.29, 1.82) is 0 Å². The number of carbonyl (C=O) groups is 1. The van der Waals surface area contributed by atoms with E-state index in [4.69, 9.17) is 4.74 Å². The third kappa shape index (κ3) is 2.54. The van der Waals surface area contributed by atoms with Crippen LogP contribution in [0.1, 0.15) is 22.3 Å². The first-order chi connectivity index (χ1) is 7.47. The maximum absolute atomic E-state index is 11.1. The van der Waals surface area contributed by atoms with Crippen molar-refractivity contribution in [2.45, 2.75) is 27.7 Å². The van der Waals surface area contributed by atoms with E-state index in [0.717, 1.165) is 16.9 Å². The number of benzene rings is 1. The van der Waals surface area contributed by atoms with E-state index in [2.05, 4.69) is 25.2 Å². The summed E-state index contributed by atoms with van der Waals surface area (Å²) in [5.74, 6) is 0.721. The fourth-order valence-electron chi connectivity index (χ4n) is 1.61. The molecule has 0 spiro atoms. The Labute approximate surface area is 96.8 Å². The zero-order valence-electron chi connectivity index (χ0n) is 10.6. The molecule has 1 aromatic carbocycles. The average molecular weight is 221 g/mol. The van der Waals surface area contributed by atoms with Gasteiger partial charge in [-0.05, 0) is 49.9 Å². The van der Waals surface area contributed by atoms with Crippen molar-refractivity contribution in [1.82, 2.24) is 5.32 Å². The van der Waals surface area contributed by atoms with Gasteiger partial charge in [0.25, 0.3) is 5.91 Å². The van der Waals surface area contributed by atoms with Gasteiger partial charge in [-0.3, -0.25) is 4.79 Å². The highest BCUT2D eigenvalue weighted by molar-refractivity contribution is 5.77. The Morgan fingerprint density at radius 2 is 1.69 bits per heavy atom. The molecule has 0 aliphatic rings. The normalized spacial score (nSPS) is 10.1. The lowest BCUT2D eigenvalue weighted by Crippen LogP contribution is -2.25. The summed E-state index contributed by atoms with van der Waals surface area (Å²) in [4.78, 5) is 11.1. The van der Waals surface area contributed by atoms with Crippen LogP contribution in [0.15, 0.2) is 6.07 Å². The largest absolute Gasteiger partial charge is 0.483 e. The Hall–Kier alpha value is -1.51. The SMILES string of the molecule is CNC(=O)COc1c(C)c(C)cc(C)c1C. The number of ether oxygens (including phenoxy) is 1. The van der Waals surface area contributed by atoms with Gasteiger partial charge in [-0.2, -0.15) is 0 Å². The minimum Gasteiger partial charge on any atom is -0.483 e. The van der Waals surface area contributed by atoms with Crippen molar-refractivity contribution in [2.75, 3.05) is 13.7 Å². The van der Waals surface area contributed by atoms with Crippen molar-refractivity contribution in [3.8, 4) is 5.75 Å². The van der Waals surface area contributed by atoms with Gasteiger partial charge in [0.2, 0.25) is 0 Å². The minimum absolute atomic E-state index is 0.0705. The molecule has 0 saturated carbocycles. The molecule has 0 saturated heterocycles. The molecule has 0 atom stereocenters. The standard InChI is InChI=1S/C13H19NO2/c1-8-6-9(2)11(4)13(10(8)3)16-7-12(15)14-5/h6H,7H2,1-5H3,(H,14,15). The van der Waals surface area contributed by atoms with E-state index < -0.39 is 0 Å². The molecule has 1 N–H and O–H groups in total. The molecule has 0 radical (unpaired) electrons. The summed E-state index contributed by atoms with van der Waals surface area (Å²) in [5, 5.41) is 2.54. The molecule has 1 aromatic rings. The summed E-state index contributed by atoms with van der Waals surface area (Å²) in [7, 11) is 1.60. The third-order valence-corrected chi connectivity index (χ3v) is 2.92. The van der Waals surface area contributed by atoms with E-state index in [0.29, 0.717) is 0 Å². The first kappa shape index (κ1) is 12.6. The summed E-state index contributed by atoms with van der Waals surface area (Å²) in [5.41, 5.74) is 4.59. The van der Waals surface area contributed by atoms with Crippen LogP contribution < -0.4 is 10.1 Å². The maximum Gasteiger partial charge on any atom is 0.257 e. The number of carbonyl (C=O) groups excluding carboxylic acids is 1. The number of hydrogen-bond donors (Lipinski definition) is 1. The fraction of sp³-hybridized carbons (Fsp3) is 0.462. The number of amides is 1. The van der Waals surface area contributed by atoms with Crippen molar-refractivity contribution in [3.63, 3.8) is 0 Å². The van der Waals surface area contributed by atoms with Crippen LogP contribution in [-0.4, -0.2) is 19.6 Å². The first-order valence-electron chi connectivity index (χ1n) is 5.38. The molecule has 0 aromatic heterocycles. The molecular weight excluding hydrogens is 202 g/mol. The second-order valence-electron chi connectivity index (χ2n) is 4.05. The molecule has 0 aliphatic carbocycles. The molecule has 1 amide bonds.